The highest BCUT2D eigenvalue weighted by atomic mass is 19.1. The molecule has 1 rings (SSSR count). The number of aryl methyl sites for hydroxylation is 1. The molecule has 0 aliphatic rings. The van der Waals surface area contributed by atoms with Crippen LogP contribution in [0.25, 0.3) is 0 Å². The third-order valence-corrected chi connectivity index (χ3v) is 2.33. The van der Waals surface area contributed by atoms with Gasteiger partial charge in [-0.15, -0.1) is 0 Å². The van der Waals surface area contributed by atoms with Crippen LogP contribution >= 0.6 is 0 Å². The fraction of sp³-hybridized carbons (Fsp3) is 0.300. The number of amides is 2. The fourth-order valence-corrected chi connectivity index (χ4v) is 1.30. The number of anilines is 1. The molecule has 3 N–H and O–H groups in total. The van der Waals surface area contributed by atoms with Crippen LogP contribution in [0.4, 0.5) is 14.9 Å². The monoisotopic (exact) mass is 240 g/mol. The Balaban J connectivity index is 3.09. The van der Waals surface area contributed by atoms with Gasteiger partial charge in [-0.25, -0.2) is 9.18 Å². The summed E-state index contributed by atoms with van der Waals surface area (Å²) in [4.78, 5) is 11.4. The van der Waals surface area contributed by atoms with Crippen molar-refractivity contribution in [2.24, 2.45) is 5.22 Å². The Morgan fingerprint density at radius 2 is 2.29 bits per heavy atom. The standard InChI is InChI=1S/C10H13FN4O2/c1-6-3-4-8(11)9(7(6)5-16)13-10(17)15(2)14-12/h3-4,12,16H,5H2,1-2H3,(H,13,17). The third kappa shape index (κ3) is 2.76. The van der Waals surface area contributed by atoms with Crippen LogP contribution in [-0.2, 0) is 6.61 Å². The van der Waals surface area contributed by atoms with Gasteiger partial charge >= 0.3 is 6.03 Å². The first kappa shape index (κ1) is 13.0. The highest BCUT2D eigenvalue weighted by Crippen LogP contribution is 2.23. The van der Waals surface area contributed by atoms with Crippen LogP contribution in [0, 0.1) is 18.3 Å². The molecule has 0 heterocycles. The minimum absolute atomic E-state index is 0.0898. The number of hydrogen-bond donors (Lipinski definition) is 3. The van der Waals surface area contributed by atoms with Gasteiger partial charge in [-0.05, 0) is 18.6 Å². The fourth-order valence-electron chi connectivity index (χ4n) is 1.30. The van der Waals surface area contributed by atoms with E-state index in [0.29, 0.717) is 16.1 Å². The Bertz CT molecular complexity index is 450. The molecule has 2 amide bonds. The quantitative estimate of drug-likeness (QED) is 0.557. The molecular formula is C10H13FN4O2. The van der Waals surface area contributed by atoms with E-state index in [1.165, 1.54) is 19.2 Å². The second-order valence-corrected chi connectivity index (χ2v) is 3.43. The SMILES string of the molecule is Cc1ccc(F)c(NC(=O)N(C)N=N)c1CO. The minimum atomic E-state index is -0.751. The zero-order chi connectivity index (χ0) is 13.0. The topological polar surface area (TPSA) is 88.8 Å². The minimum Gasteiger partial charge on any atom is -0.392 e. The predicted octanol–water partition coefficient (Wildman–Crippen LogP) is 2.04. The van der Waals surface area contributed by atoms with Gasteiger partial charge in [0.15, 0.2) is 0 Å². The van der Waals surface area contributed by atoms with Crippen LogP contribution in [0.1, 0.15) is 11.1 Å². The van der Waals surface area contributed by atoms with E-state index < -0.39 is 11.8 Å². The second-order valence-electron chi connectivity index (χ2n) is 3.43. The van der Waals surface area contributed by atoms with Crippen molar-refractivity contribution in [1.29, 1.82) is 5.53 Å². The molecule has 17 heavy (non-hydrogen) atoms. The van der Waals surface area contributed by atoms with Gasteiger partial charge in [0.2, 0.25) is 0 Å². The summed E-state index contributed by atoms with van der Waals surface area (Å²) < 4.78 is 13.5. The highest BCUT2D eigenvalue weighted by Gasteiger charge is 2.15. The Morgan fingerprint density at radius 3 is 2.82 bits per heavy atom. The van der Waals surface area contributed by atoms with Gasteiger partial charge in [0.05, 0.1) is 12.3 Å². The molecule has 6 nitrogen and oxygen atoms in total. The summed E-state index contributed by atoms with van der Waals surface area (Å²) in [5, 5.41) is 15.0. The van der Waals surface area contributed by atoms with E-state index in [4.69, 9.17) is 10.6 Å². The van der Waals surface area contributed by atoms with Gasteiger partial charge in [0.1, 0.15) is 5.82 Å². The summed E-state index contributed by atoms with van der Waals surface area (Å²) in [6.07, 6.45) is 0. The zero-order valence-electron chi connectivity index (χ0n) is 9.49. The molecule has 0 aliphatic carbocycles. The van der Waals surface area contributed by atoms with Crippen molar-refractivity contribution in [3.8, 4) is 0 Å². The molecule has 0 unspecified atom stereocenters. The summed E-state index contributed by atoms with van der Waals surface area (Å²) in [5.41, 5.74) is 7.52. The molecule has 0 spiro atoms. The van der Waals surface area contributed by atoms with E-state index in [-0.39, 0.29) is 12.3 Å². The lowest BCUT2D eigenvalue weighted by Gasteiger charge is -2.15. The van der Waals surface area contributed by atoms with Crippen molar-refractivity contribution in [2.45, 2.75) is 13.5 Å². The molecule has 0 radical (unpaired) electrons. The summed E-state index contributed by atoms with van der Waals surface area (Å²) in [5.74, 6) is -0.647. The van der Waals surface area contributed by atoms with Crippen LogP contribution in [0.15, 0.2) is 17.4 Å². The predicted molar refractivity (Wildman–Crippen MR) is 59.0 cm³/mol. The molecule has 7 heteroatoms. The Kier molecular flexibility index (Phi) is 4.11. The first-order valence-electron chi connectivity index (χ1n) is 4.82. The first-order valence-corrected chi connectivity index (χ1v) is 4.82. The molecule has 0 atom stereocenters. The van der Waals surface area contributed by atoms with E-state index in [0.717, 1.165) is 0 Å². The highest BCUT2D eigenvalue weighted by molar-refractivity contribution is 5.90. The van der Waals surface area contributed by atoms with Crippen LogP contribution in [-0.4, -0.2) is 23.2 Å². The lowest BCUT2D eigenvalue weighted by molar-refractivity contribution is 0.219. The van der Waals surface area contributed by atoms with Gasteiger partial charge in [-0.1, -0.05) is 11.3 Å². The number of rotatable bonds is 3. The number of aliphatic hydroxyl groups excluding tert-OH is 1. The number of nitrogens with one attached hydrogen (secondary N) is 2. The Labute approximate surface area is 97.5 Å². The number of nitrogens with zero attached hydrogens (tertiary/aromatic N) is 2. The normalized spacial score (nSPS) is 9.88. The van der Waals surface area contributed by atoms with E-state index >= 15 is 0 Å². The largest absolute Gasteiger partial charge is 0.392 e. The van der Waals surface area contributed by atoms with Crippen LogP contribution in [0.2, 0.25) is 0 Å². The van der Waals surface area contributed by atoms with Crippen molar-refractivity contribution in [1.82, 2.24) is 5.01 Å². The van der Waals surface area contributed by atoms with Crippen molar-refractivity contribution in [3.05, 3.63) is 29.1 Å². The molecule has 0 bridgehead atoms. The average Bonchev–Trinajstić information content (AvgIpc) is 2.33. The van der Waals surface area contributed by atoms with Crippen molar-refractivity contribution < 1.29 is 14.3 Å². The Hall–Kier alpha value is -2.02. The van der Waals surface area contributed by atoms with E-state index in [2.05, 4.69) is 10.5 Å². The average molecular weight is 240 g/mol. The Morgan fingerprint density at radius 1 is 1.65 bits per heavy atom. The number of hydrogen-bond acceptors (Lipinski definition) is 4. The number of carbonyl (C=O) groups excluding carboxylic acids is 1. The molecule has 0 aromatic heterocycles. The van der Waals surface area contributed by atoms with Crippen LogP contribution < -0.4 is 5.32 Å². The molecule has 1 aromatic carbocycles. The van der Waals surface area contributed by atoms with Gasteiger partial charge in [-0.3, -0.25) is 0 Å². The van der Waals surface area contributed by atoms with Gasteiger partial charge in [-0.2, -0.15) is 10.5 Å². The van der Waals surface area contributed by atoms with E-state index in [1.807, 2.05) is 0 Å². The molecule has 0 aliphatic heterocycles. The maximum atomic E-state index is 13.5. The molecule has 92 valence electrons. The van der Waals surface area contributed by atoms with Gasteiger partial charge in [0, 0.05) is 12.6 Å². The summed E-state index contributed by atoms with van der Waals surface area (Å²) in [6.45, 7) is 1.31. The van der Waals surface area contributed by atoms with Crippen molar-refractivity contribution >= 4 is 11.7 Å². The van der Waals surface area contributed by atoms with Gasteiger partial charge < -0.3 is 10.4 Å². The third-order valence-electron chi connectivity index (χ3n) is 2.33. The second kappa shape index (κ2) is 5.35. The molecule has 0 fully saturated rings. The number of carbonyl (C=O) groups is 1. The number of aliphatic hydroxyl groups is 1. The van der Waals surface area contributed by atoms with Gasteiger partial charge in [0.25, 0.3) is 0 Å². The van der Waals surface area contributed by atoms with E-state index in [9.17, 15) is 9.18 Å². The van der Waals surface area contributed by atoms with Crippen molar-refractivity contribution in [2.75, 3.05) is 12.4 Å². The summed E-state index contributed by atoms with van der Waals surface area (Å²) in [7, 11) is 1.26. The number of halogens is 1. The van der Waals surface area contributed by atoms with Crippen LogP contribution in [0.3, 0.4) is 0 Å². The summed E-state index contributed by atoms with van der Waals surface area (Å²) in [6, 6.07) is 1.95. The molecular weight excluding hydrogens is 227 g/mol. The lowest BCUT2D eigenvalue weighted by Crippen LogP contribution is -2.27. The van der Waals surface area contributed by atoms with E-state index in [1.54, 1.807) is 6.92 Å². The van der Waals surface area contributed by atoms with Crippen molar-refractivity contribution in [3.63, 3.8) is 0 Å². The molecule has 0 saturated heterocycles. The maximum Gasteiger partial charge on any atom is 0.343 e. The number of benzene rings is 1. The summed E-state index contributed by atoms with van der Waals surface area (Å²) >= 11 is 0. The zero-order valence-corrected chi connectivity index (χ0v) is 9.49. The molecule has 0 saturated carbocycles. The molecule has 1 aromatic rings. The maximum absolute atomic E-state index is 13.5. The number of urea groups is 1. The lowest BCUT2D eigenvalue weighted by atomic mass is 10.1. The first-order chi connectivity index (χ1) is 8.01. The smallest absolute Gasteiger partial charge is 0.343 e. The van der Waals surface area contributed by atoms with Crippen LogP contribution in [0.5, 0.6) is 0 Å².